The Morgan fingerprint density at radius 1 is 1.45 bits per heavy atom. The van der Waals surface area contributed by atoms with Crippen LogP contribution in [0, 0.1) is 5.92 Å². The van der Waals surface area contributed by atoms with Crippen LogP contribution in [0.3, 0.4) is 0 Å². The Balaban J connectivity index is 1.91. The van der Waals surface area contributed by atoms with Crippen molar-refractivity contribution in [2.45, 2.75) is 37.1 Å². The Bertz CT molecular complexity index is 519. The van der Waals surface area contributed by atoms with Gasteiger partial charge < -0.3 is 10.1 Å². The van der Waals surface area contributed by atoms with Crippen molar-refractivity contribution in [3.05, 3.63) is 17.0 Å². The lowest BCUT2D eigenvalue weighted by Crippen LogP contribution is -2.29. The van der Waals surface area contributed by atoms with Crippen LogP contribution >= 0.6 is 11.3 Å². The number of sulfonamides is 1. The second-order valence-electron chi connectivity index (χ2n) is 5.34. The minimum atomic E-state index is -3.38. The minimum absolute atomic E-state index is 0.298. The number of hydrogen-bond acceptors (Lipinski definition) is 5. The summed E-state index contributed by atoms with van der Waals surface area (Å²) >= 11 is 1.32. The van der Waals surface area contributed by atoms with Crippen LogP contribution in [0.25, 0.3) is 0 Å². The van der Waals surface area contributed by atoms with E-state index in [9.17, 15) is 8.42 Å². The van der Waals surface area contributed by atoms with E-state index in [-0.39, 0.29) is 0 Å². The Morgan fingerprint density at radius 3 is 2.90 bits per heavy atom. The number of rotatable bonds is 7. The van der Waals surface area contributed by atoms with E-state index < -0.39 is 10.0 Å². The summed E-state index contributed by atoms with van der Waals surface area (Å²) in [5, 5.41) is 3.28. The predicted molar refractivity (Wildman–Crippen MR) is 80.4 cm³/mol. The van der Waals surface area contributed by atoms with Crippen molar-refractivity contribution in [2.24, 2.45) is 5.92 Å². The topological polar surface area (TPSA) is 67.4 Å². The maximum Gasteiger partial charge on any atom is 0.250 e. The van der Waals surface area contributed by atoms with Gasteiger partial charge in [0.15, 0.2) is 0 Å². The molecule has 1 aromatic rings. The highest BCUT2D eigenvalue weighted by atomic mass is 32.2. The first-order valence-electron chi connectivity index (χ1n) is 6.87. The zero-order valence-electron chi connectivity index (χ0n) is 11.9. The third-order valence-corrected chi connectivity index (χ3v) is 6.17. The van der Waals surface area contributed by atoms with Gasteiger partial charge in [-0.05, 0) is 24.5 Å². The van der Waals surface area contributed by atoms with Gasteiger partial charge in [-0.3, -0.25) is 0 Å². The smallest absolute Gasteiger partial charge is 0.250 e. The normalized spacial score (nSPS) is 19.9. The summed E-state index contributed by atoms with van der Waals surface area (Å²) < 4.78 is 32.7. The molecule has 1 atom stereocenters. The first kappa shape index (κ1) is 15.9. The van der Waals surface area contributed by atoms with Crippen molar-refractivity contribution < 1.29 is 13.2 Å². The summed E-state index contributed by atoms with van der Waals surface area (Å²) in [5.41, 5.74) is 0. The monoisotopic (exact) mass is 318 g/mol. The van der Waals surface area contributed by atoms with Crippen molar-refractivity contribution >= 4 is 21.4 Å². The largest absolute Gasteiger partial charge is 0.381 e. The maximum absolute atomic E-state index is 12.2. The molecule has 0 saturated carbocycles. The molecule has 0 aliphatic carbocycles. The van der Waals surface area contributed by atoms with Crippen LogP contribution in [0.15, 0.2) is 16.3 Å². The van der Waals surface area contributed by atoms with Crippen molar-refractivity contribution in [1.82, 2.24) is 10.0 Å². The van der Waals surface area contributed by atoms with Crippen LogP contribution in [-0.4, -0.2) is 34.2 Å². The summed E-state index contributed by atoms with van der Waals surface area (Å²) in [7, 11) is -3.38. The highest BCUT2D eigenvalue weighted by Crippen LogP contribution is 2.22. The van der Waals surface area contributed by atoms with Gasteiger partial charge in [0.05, 0.1) is 6.61 Å². The molecule has 0 amide bonds. The van der Waals surface area contributed by atoms with Crippen LogP contribution < -0.4 is 10.0 Å². The lowest BCUT2D eigenvalue weighted by atomic mass is 10.1. The van der Waals surface area contributed by atoms with E-state index in [1.807, 2.05) is 6.07 Å². The molecule has 2 rings (SSSR count). The van der Waals surface area contributed by atoms with E-state index in [0.29, 0.717) is 35.9 Å². The number of ether oxygens (including phenoxy) is 1. The molecule has 5 nitrogen and oxygen atoms in total. The fourth-order valence-corrected chi connectivity index (χ4v) is 4.41. The molecule has 0 radical (unpaired) electrons. The predicted octanol–water partition coefficient (Wildman–Crippen LogP) is 1.56. The van der Waals surface area contributed by atoms with Gasteiger partial charge in [0, 0.05) is 30.6 Å². The van der Waals surface area contributed by atoms with E-state index >= 15 is 0 Å². The summed E-state index contributed by atoms with van der Waals surface area (Å²) in [6, 6.07) is 3.93. The van der Waals surface area contributed by atoms with Crippen molar-refractivity contribution in [3.8, 4) is 0 Å². The van der Waals surface area contributed by atoms with Crippen molar-refractivity contribution in [1.29, 1.82) is 0 Å². The number of nitrogens with one attached hydrogen (secondary N) is 2. The molecule has 7 heteroatoms. The average molecular weight is 318 g/mol. The quantitative estimate of drug-likeness (QED) is 0.801. The van der Waals surface area contributed by atoms with Crippen LogP contribution in [0.1, 0.15) is 25.1 Å². The highest BCUT2D eigenvalue weighted by molar-refractivity contribution is 7.91. The minimum Gasteiger partial charge on any atom is -0.381 e. The third kappa shape index (κ3) is 4.53. The average Bonchev–Trinajstić information content (AvgIpc) is 3.05. The lowest BCUT2D eigenvalue weighted by molar-refractivity contribution is 0.186. The molecule has 1 fully saturated rings. The summed E-state index contributed by atoms with van der Waals surface area (Å²) in [5.74, 6) is 0.298. The molecule has 2 heterocycles. The summed E-state index contributed by atoms with van der Waals surface area (Å²) in [6.07, 6.45) is 0.927. The molecule has 2 N–H and O–H groups in total. The van der Waals surface area contributed by atoms with Gasteiger partial charge in [0.1, 0.15) is 4.21 Å². The molecular formula is C13H22N2O3S2. The Labute approximate surface area is 124 Å². The van der Waals surface area contributed by atoms with E-state index in [1.165, 1.54) is 11.3 Å². The van der Waals surface area contributed by atoms with Crippen molar-refractivity contribution in [2.75, 3.05) is 19.8 Å². The molecule has 1 unspecified atom stereocenters. The number of hydrogen-bond donors (Lipinski definition) is 2. The molecule has 20 heavy (non-hydrogen) atoms. The maximum atomic E-state index is 12.2. The van der Waals surface area contributed by atoms with Crippen LogP contribution in [0.5, 0.6) is 0 Å². The van der Waals surface area contributed by atoms with Gasteiger partial charge >= 0.3 is 0 Å². The molecule has 1 saturated heterocycles. The zero-order chi connectivity index (χ0) is 14.6. The first-order valence-corrected chi connectivity index (χ1v) is 9.17. The first-order chi connectivity index (χ1) is 9.47. The van der Waals surface area contributed by atoms with E-state index in [4.69, 9.17) is 4.74 Å². The lowest BCUT2D eigenvalue weighted by Gasteiger charge is -2.09. The molecule has 1 aliphatic rings. The molecule has 0 bridgehead atoms. The highest BCUT2D eigenvalue weighted by Gasteiger charge is 2.21. The molecular weight excluding hydrogens is 296 g/mol. The van der Waals surface area contributed by atoms with Gasteiger partial charge in [-0.2, -0.15) is 0 Å². The zero-order valence-corrected chi connectivity index (χ0v) is 13.5. The fraction of sp³-hybridized carbons (Fsp3) is 0.692. The molecule has 0 spiro atoms. The molecule has 0 aromatic carbocycles. The molecule has 1 aliphatic heterocycles. The van der Waals surface area contributed by atoms with Crippen LogP contribution in [-0.2, 0) is 21.3 Å². The van der Waals surface area contributed by atoms with Gasteiger partial charge in [0.25, 0.3) is 0 Å². The second kappa shape index (κ2) is 7.00. The Morgan fingerprint density at radius 2 is 2.25 bits per heavy atom. The second-order valence-corrected chi connectivity index (χ2v) is 8.50. The third-order valence-electron chi connectivity index (χ3n) is 3.17. The van der Waals surface area contributed by atoms with Gasteiger partial charge in [-0.1, -0.05) is 13.8 Å². The Kier molecular flexibility index (Phi) is 5.57. The van der Waals surface area contributed by atoms with E-state index in [2.05, 4.69) is 23.9 Å². The Hall–Kier alpha value is -0.470. The number of thiophene rings is 1. The summed E-state index contributed by atoms with van der Waals surface area (Å²) in [4.78, 5) is 1.03. The molecule has 1 aromatic heterocycles. The van der Waals surface area contributed by atoms with E-state index in [1.54, 1.807) is 6.07 Å². The van der Waals surface area contributed by atoms with Gasteiger partial charge in [-0.15, -0.1) is 11.3 Å². The summed E-state index contributed by atoms with van der Waals surface area (Å²) in [6.45, 7) is 6.67. The van der Waals surface area contributed by atoms with Gasteiger partial charge in [0.2, 0.25) is 10.0 Å². The van der Waals surface area contributed by atoms with Crippen molar-refractivity contribution in [3.63, 3.8) is 0 Å². The standard InChI is InChI=1S/C13H22N2O3S2/c1-10(2)14-8-12-3-4-13(19-12)20(16,17)15-7-11-5-6-18-9-11/h3-4,10-11,14-15H,5-9H2,1-2H3. The fourth-order valence-electron chi connectivity index (χ4n) is 1.95. The van der Waals surface area contributed by atoms with Crippen LogP contribution in [0.4, 0.5) is 0 Å². The molecule has 114 valence electrons. The van der Waals surface area contributed by atoms with E-state index in [0.717, 1.165) is 17.9 Å². The van der Waals surface area contributed by atoms with Gasteiger partial charge in [-0.25, -0.2) is 13.1 Å². The van der Waals surface area contributed by atoms with Crippen LogP contribution in [0.2, 0.25) is 0 Å². The SMILES string of the molecule is CC(C)NCc1ccc(S(=O)(=O)NCC2CCOC2)s1.